The van der Waals surface area contributed by atoms with Crippen molar-refractivity contribution in [2.24, 2.45) is 0 Å². The van der Waals surface area contributed by atoms with E-state index in [2.05, 4.69) is 64.9 Å². The van der Waals surface area contributed by atoms with Gasteiger partial charge in [-0.2, -0.15) is 11.3 Å². The Bertz CT molecular complexity index is 612. The minimum atomic E-state index is 1.29. The molecule has 1 aromatic heterocycles. The third kappa shape index (κ3) is 2.22. The van der Waals surface area contributed by atoms with Gasteiger partial charge in [0.15, 0.2) is 5.41 Å². The SMILES string of the molecule is Cc1ccc(/C(=C2\C=C[S+]=C2)c2ccsc2)cc1. The van der Waals surface area contributed by atoms with Crippen LogP contribution >= 0.6 is 11.3 Å². The quantitative estimate of drug-likeness (QED) is 0.434. The fourth-order valence-corrected chi connectivity index (χ4v) is 3.33. The van der Waals surface area contributed by atoms with Gasteiger partial charge in [0.05, 0.1) is 0 Å². The van der Waals surface area contributed by atoms with Crippen molar-refractivity contribution >= 4 is 33.6 Å². The standard InChI is InChI=1S/C16H13S2/c1-12-2-4-13(5-3-12)16(14-6-8-17-10-14)15-7-9-18-11-15/h2-11H,1H3/q+1. The van der Waals surface area contributed by atoms with E-state index in [0.717, 1.165) is 0 Å². The van der Waals surface area contributed by atoms with Gasteiger partial charge in [0, 0.05) is 17.2 Å². The number of allylic oxidation sites excluding steroid dienone is 2. The molecule has 0 unspecified atom stereocenters. The predicted octanol–water partition coefficient (Wildman–Crippen LogP) is 4.27. The first kappa shape index (κ1) is 11.6. The van der Waals surface area contributed by atoms with Crippen molar-refractivity contribution in [3.8, 4) is 0 Å². The Kier molecular flexibility index (Phi) is 3.22. The van der Waals surface area contributed by atoms with Crippen molar-refractivity contribution in [1.29, 1.82) is 0 Å². The molecule has 0 atom stereocenters. The maximum absolute atomic E-state index is 2.22. The molecule has 0 fully saturated rings. The van der Waals surface area contributed by atoms with Crippen molar-refractivity contribution in [1.82, 2.24) is 0 Å². The van der Waals surface area contributed by atoms with Gasteiger partial charge >= 0.3 is 0 Å². The van der Waals surface area contributed by atoms with E-state index in [1.807, 2.05) is 0 Å². The van der Waals surface area contributed by atoms with E-state index in [9.17, 15) is 0 Å². The Labute approximate surface area is 115 Å². The average molecular weight is 269 g/mol. The van der Waals surface area contributed by atoms with Crippen LogP contribution in [0, 0.1) is 6.92 Å². The molecule has 88 valence electrons. The zero-order chi connectivity index (χ0) is 12.4. The molecular weight excluding hydrogens is 256 g/mol. The summed E-state index contributed by atoms with van der Waals surface area (Å²) >= 11 is 3.49. The van der Waals surface area contributed by atoms with Crippen LogP contribution in [-0.2, 0) is 11.4 Å². The minimum absolute atomic E-state index is 1.29. The molecule has 2 heterocycles. The van der Waals surface area contributed by atoms with Crippen LogP contribution in [-0.4, -0.2) is 5.37 Å². The van der Waals surface area contributed by atoms with Crippen molar-refractivity contribution in [2.75, 3.05) is 0 Å². The molecule has 0 saturated carbocycles. The highest BCUT2D eigenvalue weighted by atomic mass is 32.1. The molecule has 2 heteroatoms. The fourth-order valence-electron chi connectivity index (χ4n) is 2.03. The van der Waals surface area contributed by atoms with Crippen LogP contribution in [0.5, 0.6) is 0 Å². The van der Waals surface area contributed by atoms with Gasteiger partial charge in [-0.25, -0.2) is 0 Å². The molecule has 0 aliphatic carbocycles. The number of hydrogen-bond acceptors (Lipinski definition) is 1. The summed E-state index contributed by atoms with van der Waals surface area (Å²) in [6.07, 6.45) is 2.19. The van der Waals surface area contributed by atoms with E-state index in [1.54, 1.807) is 22.7 Å². The smallest absolute Gasteiger partial charge is 0.152 e. The Balaban J connectivity index is 2.18. The first-order chi connectivity index (χ1) is 8.84. The lowest BCUT2D eigenvalue weighted by molar-refractivity contribution is 1.45. The van der Waals surface area contributed by atoms with E-state index in [-0.39, 0.29) is 0 Å². The maximum atomic E-state index is 2.22. The third-order valence-corrected chi connectivity index (χ3v) is 4.33. The van der Waals surface area contributed by atoms with Crippen LogP contribution in [0.25, 0.3) is 5.57 Å². The van der Waals surface area contributed by atoms with Crippen molar-refractivity contribution in [3.05, 3.63) is 74.8 Å². The van der Waals surface area contributed by atoms with Crippen LogP contribution in [0.1, 0.15) is 16.7 Å². The minimum Gasteiger partial charge on any atom is -0.152 e. The van der Waals surface area contributed by atoms with Crippen molar-refractivity contribution in [2.45, 2.75) is 6.92 Å². The molecule has 2 aromatic rings. The first-order valence-corrected chi connectivity index (χ1v) is 7.72. The van der Waals surface area contributed by atoms with Gasteiger partial charge in [-0.3, -0.25) is 0 Å². The topological polar surface area (TPSA) is 0 Å². The first-order valence-electron chi connectivity index (χ1n) is 5.84. The summed E-state index contributed by atoms with van der Waals surface area (Å²) in [6.45, 7) is 2.12. The Morgan fingerprint density at radius 2 is 1.89 bits per heavy atom. The van der Waals surface area contributed by atoms with Gasteiger partial charge in [0.1, 0.15) is 0 Å². The number of benzene rings is 1. The Morgan fingerprint density at radius 1 is 1.06 bits per heavy atom. The third-order valence-electron chi connectivity index (χ3n) is 2.96. The fraction of sp³-hybridized carbons (Fsp3) is 0.0625. The molecule has 0 N–H and O–H groups in total. The number of rotatable bonds is 2. The van der Waals surface area contributed by atoms with Crippen LogP contribution in [0.2, 0.25) is 0 Å². The summed E-state index contributed by atoms with van der Waals surface area (Å²) in [5.41, 5.74) is 6.54. The molecule has 3 rings (SSSR count). The van der Waals surface area contributed by atoms with Gasteiger partial charge in [-0.05, 0) is 34.9 Å². The summed E-state index contributed by atoms with van der Waals surface area (Å²) in [5, 5.41) is 8.70. The second-order valence-corrected chi connectivity index (χ2v) is 5.83. The summed E-state index contributed by atoms with van der Waals surface area (Å²) in [7, 11) is 0. The highest BCUT2D eigenvalue weighted by Crippen LogP contribution is 2.29. The maximum Gasteiger partial charge on any atom is 0.212 e. The van der Waals surface area contributed by atoms with E-state index >= 15 is 0 Å². The van der Waals surface area contributed by atoms with Crippen molar-refractivity contribution < 1.29 is 0 Å². The molecule has 1 aliphatic rings. The molecular formula is C16H13S2+. The summed E-state index contributed by atoms with van der Waals surface area (Å²) in [6, 6.07) is 11.0. The molecule has 0 spiro atoms. The largest absolute Gasteiger partial charge is 0.212 e. The number of hydrogen-bond donors (Lipinski definition) is 0. The summed E-state index contributed by atoms with van der Waals surface area (Å²) < 4.78 is 0. The van der Waals surface area contributed by atoms with E-state index in [0.29, 0.717) is 0 Å². The second kappa shape index (κ2) is 5.01. The van der Waals surface area contributed by atoms with Crippen LogP contribution in [0.3, 0.4) is 0 Å². The number of thiophene rings is 1. The van der Waals surface area contributed by atoms with Crippen LogP contribution < -0.4 is 0 Å². The molecule has 18 heavy (non-hydrogen) atoms. The molecule has 0 saturated heterocycles. The average Bonchev–Trinajstić information content (AvgIpc) is 3.06. The lowest BCUT2D eigenvalue weighted by atomic mass is 9.95. The van der Waals surface area contributed by atoms with Crippen molar-refractivity contribution in [3.63, 3.8) is 0 Å². The van der Waals surface area contributed by atoms with Gasteiger partial charge in [-0.15, -0.1) is 0 Å². The van der Waals surface area contributed by atoms with Gasteiger partial charge < -0.3 is 0 Å². The molecule has 1 aromatic carbocycles. The van der Waals surface area contributed by atoms with Gasteiger partial charge in [-0.1, -0.05) is 29.8 Å². The lowest BCUT2D eigenvalue weighted by Gasteiger charge is -2.07. The highest BCUT2D eigenvalue weighted by Gasteiger charge is 2.15. The van der Waals surface area contributed by atoms with Crippen LogP contribution in [0.4, 0.5) is 0 Å². The second-order valence-electron chi connectivity index (χ2n) is 4.27. The summed E-state index contributed by atoms with van der Waals surface area (Å²) in [4.78, 5) is 0. The summed E-state index contributed by atoms with van der Waals surface area (Å²) in [5.74, 6) is 0. The molecule has 1 aliphatic heterocycles. The lowest BCUT2D eigenvalue weighted by Crippen LogP contribution is -1.92. The van der Waals surface area contributed by atoms with Gasteiger partial charge in [0.2, 0.25) is 16.7 Å². The van der Waals surface area contributed by atoms with E-state index < -0.39 is 0 Å². The van der Waals surface area contributed by atoms with Gasteiger partial charge in [0.25, 0.3) is 0 Å². The molecule has 0 radical (unpaired) electrons. The normalized spacial score (nSPS) is 16.3. The zero-order valence-electron chi connectivity index (χ0n) is 10.1. The molecule has 0 bridgehead atoms. The monoisotopic (exact) mass is 269 g/mol. The van der Waals surface area contributed by atoms with Crippen LogP contribution in [0.15, 0.2) is 58.1 Å². The predicted molar refractivity (Wildman–Crippen MR) is 84.1 cm³/mol. The Hall–Kier alpha value is -1.51. The van der Waals surface area contributed by atoms with E-state index in [4.69, 9.17) is 0 Å². The Morgan fingerprint density at radius 3 is 2.50 bits per heavy atom. The highest BCUT2D eigenvalue weighted by molar-refractivity contribution is 7.81. The molecule has 0 amide bonds. The molecule has 0 nitrogen and oxygen atoms in total. The zero-order valence-corrected chi connectivity index (χ0v) is 11.7. The number of aryl methyl sites for hydroxylation is 1. The van der Waals surface area contributed by atoms with E-state index in [1.165, 1.54) is 27.8 Å².